The number of amides is 2. The second kappa shape index (κ2) is 9.56. The van der Waals surface area contributed by atoms with Gasteiger partial charge in [-0.25, -0.2) is 15.2 Å². The molecule has 0 saturated heterocycles. The quantitative estimate of drug-likeness (QED) is 0.676. The van der Waals surface area contributed by atoms with Gasteiger partial charge in [-0.1, -0.05) is 13.8 Å². The Hall–Kier alpha value is -2.89. The number of anilines is 1. The highest BCUT2D eigenvalue weighted by atomic mass is 16.6. The number of hydrogen-bond acceptors (Lipinski definition) is 7. The van der Waals surface area contributed by atoms with Crippen LogP contribution in [0.15, 0.2) is 12.3 Å². The molecule has 142 valence electrons. The number of ether oxygens (including phenoxy) is 1. The number of carbonyl (C=O) groups excluding carboxylic acids is 2. The van der Waals surface area contributed by atoms with Crippen molar-refractivity contribution in [1.82, 2.24) is 20.7 Å². The van der Waals surface area contributed by atoms with Crippen LogP contribution in [0.3, 0.4) is 0 Å². The van der Waals surface area contributed by atoms with Gasteiger partial charge < -0.3 is 10.1 Å². The number of nitrogens with zero attached hydrogens (tertiary/aromatic N) is 4. The lowest BCUT2D eigenvalue weighted by molar-refractivity contribution is -0.119. The van der Waals surface area contributed by atoms with E-state index in [1.165, 1.54) is 18.1 Å². The Kier molecular flexibility index (Phi) is 7.77. The van der Waals surface area contributed by atoms with Crippen molar-refractivity contribution in [2.24, 2.45) is 5.92 Å². The summed E-state index contributed by atoms with van der Waals surface area (Å²) in [5.74, 6) is 0.509. The van der Waals surface area contributed by atoms with Gasteiger partial charge in [0.2, 0.25) is 11.7 Å². The Bertz CT molecular complexity index is 669. The van der Waals surface area contributed by atoms with E-state index >= 15 is 0 Å². The average molecular weight is 362 g/mol. The van der Waals surface area contributed by atoms with Gasteiger partial charge in [0.25, 0.3) is 0 Å². The molecule has 1 aromatic rings. The predicted molar refractivity (Wildman–Crippen MR) is 95.9 cm³/mol. The van der Waals surface area contributed by atoms with Crippen LogP contribution in [0.2, 0.25) is 0 Å². The van der Waals surface area contributed by atoms with Gasteiger partial charge in [-0.05, 0) is 19.8 Å². The number of aromatic nitrogens is 2. The smallest absolute Gasteiger partial charge is 0.426 e. The molecule has 0 spiro atoms. The first-order valence-corrected chi connectivity index (χ1v) is 8.37. The molecule has 0 unspecified atom stereocenters. The number of hydrogen-bond donors (Lipinski definition) is 2. The molecule has 26 heavy (non-hydrogen) atoms. The first-order valence-electron chi connectivity index (χ1n) is 8.37. The SMILES string of the molecule is CC(=O)NCCC(C)(C)OC(=O)NN(CC(C)C)c1ccnc(C#N)n1. The maximum Gasteiger partial charge on any atom is 0.426 e. The molecule has 0 saturated carbocycles. The molecular weight excluding hydrogens is 336 g/mol. The second-order valence-electron chi connectivity index (χ2n) is 6.85. The van der Waals surface area contributed by atoms with Gasteiger partial charge in [0, 0.05) is 38.7 Å². The van der Waals surface area contributed by atoms with Crippen LogP contribution in [-0.4, -0.2) is 40.7 Å². The molecule has 0 fully saturated rings. The van der Waals surface area contributed by atoms with Gasteiger partial charge in [0.05, 0.1) is 0 Å². The topological polar surface area (TPSA) is 120 Å². The average Bonchev–Trinajstić information content (AvgIpc) is 2.52. The summed E-state index contributed by atoms with van der Waals surface area (Å²) in [6.45, 7) is 9.82. The van der Waals surface area contributed by atoms with E-state index in [9.17, 15) is 9.59 Å². The molecule has 0 atom stereocenters. The van der Waals surface area contributed by atoms with E-state index in [1.54, 1.807) is 19.9 Å². The molecule has 2 amide bonds. The summed E-state index contributed by atoms with van der Waals surface area (Å²) in [4.78, 5) is 31.2. The molecular formula is C17H26N6O3. The van der Waals surface area contributed by atoms with Crippen LogP contribution in [0.5, 0.6) is 0 Å². The molecule has 0 aliphatic carbocycles. The van der Waals surface area contributed by atoms with E-state index in [2.05, 4.69) is 20.7 Å². The molecule has 9 heteroatoms. The van der Waals surface area contributed by atoms with Crippen LogP contribution in [0.4, 0.5) is 10.6 Å². The van der Waals surface area contributed by atoms with Crippen molar-refractivity contribution in [1.29, 1.82) is 5.26 Å². The third kappa shape index (κ3) is 7.79. The molecule has 2 N–H and O–H groups in total. The predicted octanol–water partition coefficient (Wildman–Crippen LogP) is 1.76. The van der Waals surface area contributed by atoms with Crippen LogP contribution in [0, 0.1) is 17.2 Å². The van der Waals surface area contributed by atoms with Crippen molar-refractivity contribution in [2.45, 2.75) is 46.6 Å². The first kappa shape index (κ1) is 21.2. The monoisotopic (exact) mass is 362 g/mol. The van der Waals surface area contributed by atoms with E-state index in [4.69, 9.17) is 10.00 Å². The minimum atomic E-state index is -0.764. The van der Waals surface area contributed by atoms with E-state index in [1.807, 2.05) is 19.9 Å². The number of rotatable bonds is 8. The van der Waals surface area contributed by atoms with Crippen LogP contribution in [-0.2, 0) is 9.53 Å². The van der Waals surface area contributed by atoms with E-state index in [-0.39, 0.29) is 17.6 Å². The van der Waals surface area contributed by atoms with Crippen molar-refractivity contribution in [3.05, 3.63) is 18.1 Å². The Morgan fingerprint density at radius 2 is 2.12 bits per heavy atom. The van der Waals surface area contributed by atoms with Crippen molar-refractivity contribution in [3.63, 3.8) is 0 Å². The number of carbonyl (C=O) groups is 2. The highest BCUT2D eigenvalue weighted by molar-refractivity contribution is 5.72. The van der Waals surface area contributed by atoms with Gasteiger partial charge in [-0.2, -0.15) is 10.2 Å². The summed E-state index contributed by atoms with van der Waals surface area (Å²) in [5, 5.41) is 13.1. The van der Waals surface area contributed by atoms with Gasteiger partial charge >= 0.3 is 6.09 Å². The molecule has 1 rings (SSSR count). The molecule has 9 nitrogen and oxygen atoms in total. The third-order valence-electron chi connectivity index (χ3n) is 3.26. The van der Waals surface area contributed by atoms with Crippen molar-refractivity contribution in [3.8, 4) is 6.07 Å². The minimum Gasteiger partial charge on any atom is -0.442 e. The standard InChI is InChI=1S/C17H26N6O3/c1-12(2)11-23(15-6-8-20-14(10-18)21-15)22-16(25)26-17(4,5)7-9-19-13(3)24/h6,8,12H,7,9,11H2,1-5H3,(H,19,24)(H,22,25). The highest BCUT2D eigenvalue weighted by Gasteiger charge is 2.24. The maximum atomic E-state index is 12.3. The lowest BCUT2D eigenvalue weighted by Crippen LogP contribution is -2.47. The van der Waals surface area contributed by atoms with Gasteiger partial charge in [-0.3, -0.25) is 9.80 Å². The molecule has 0 bridgehead atoms. The van der Waals surface area contributed by atoms with Gasteiger partial charge in [0.1, 0.15) is 11.7 Å². The molecule has 1 aromatic heterocycles. The Labute approximate surface area is 153 Å². The van der Waals surface area contributed by atoms with E-state index in [0.29, 0.717) is 25.3 Å². The largest absolute Gasteiger partial charge is 0.442 e. The summed E-state index contributed by atoms with van der Waals surface area (Å²) in [6.07, 6.45) is 1.28. The van der Waals surface area contributed by atoms with E-state index < -0.39 is 11.7 Å². The summed E-state index contributed by atoms with van der Waals surface area (Å²) in [7, 11) is 0. The highest BCUT2D eigenvalue weighted by Crippen LogP contribution is 2.15. The fraction of sp³-hybridized carbons (Fsp3) is 0.588. The lowest BCUT2D eigenvalue weighted by atomic mass is 10.1. The fourth-order valence-corrected chi connectivity index (χ4v) is 2.09. The van der Waals surface area contributed by atoms with Gasteiger partial charge in [0.15, 0.2) is 5.82 Å². The third-order valence-corrected chi connectivity index (χ3v) is 3.26. The van der Waals surface area contributed by atoms with Crippen molar-refractivity contribution >= 4 is 17.8 Å². The summed E-state index contributed by atoms with van der Waals surface area (Å²) >= 11 is 0. The minimum absolute atomic E-state index is 0.0158. The Morgan fingerprint density at radius 3 is 2.69 bits per heavy atom. The Balaban J connectivity index is 2.76. The molecule has 0 radical (unpaired) electrons. The van der Waals surface area contributed by atoms with E-state index in [0.717, 1.165) is 0 Å². The van der Waals surface area contributed by atoms with Gasteiger partial charge in [-0.15, -0.1) is 0 Å². The zero-order valence-corrected chi connectivity index (χ0v) is 15.9. The molecule has 0 aliphatic heterocycles. The normalized spacial score (nSPS) is 10.8. The Morgan fingerprint density at radius 1 is 1.42 bits per heavy atom. The molecule has 0 aromatic carbocycles. The number of hydrazine groups is 1. The van der Waals surface area contributed by atoms with Crippen LogP contribution in [0.1, 0.15) is 46.9 Å². The van der Waals surface area contributed by atoms with Crippen molar-refractivity contribution in [2.75, 3.05) is 18.1 Å². The fourth-order valence-electron chi connectivity index (χ4n) is 2.09. The number of nitrogens with one attached hydrogen (secondary N) is 2. The summed E-state index contributed by atoms with van der Waals surface area (Å²) in [5.41, 5.74) is 1.89. The van der Waals surface area contributed by atoms with Crippen LogP contribution in [0.25, 0.3) is 0 Å². The van der Waals surface area contributed by atoms with Crippen molar-refractivity contribution < 1.29 is 14.3 Å². The second-order valence-corrected chi connectivity index (χ2v) is 6.85. The molecule has 1 heterocycles. The zero-order chi connectivity index (χ0) is 19.7. The van der Waals surface area contributed by atoms with Crippen LogP contribution >= 0.6 is 0 Å². The summed E-state index contributed by atoms with van der Waals surface area (Å²) < 4.78 is 5.46. The maximum absolute atomic E-state index is 12.3. The van der Waals surface area contributed by atoms with Crippen LogP contribution < -0.4 is 15.8 Å². The summed E-state index contributed by atoms with van der Waals surface area (Å²) in [6, 6.07) is 3.47. The first-order chi connectivity index (χ1) is 12.1. The lowest BCUT2D eigenvalue weighted by Gasteiger charge is -2.29. The zero-order valence-electron chi connectivity index (χ0n) is 15.9. The number of nitriles is 1. The molecule has 0 aliphatic rings.